The van der Waals surface area contributed by atoms with Crippen molar-refractivity contribution in [3.8, 4) is 0 Å². The summed E-state index contributed by atoms with van der Waals surface area (Å²) >= 11 is 0. The molecule has 1 saturated carbocycles. The fourth-order valence-electron chi connectivity index (χ4n) is 2.37. The monoisotopic (exact) mass is 302 g/mol. The van der Waals surface area contributed by atoms with Gasteiger partial charge in [-0.3, -0.25) is 4.79 Å². The molecule has 110 valence electrons. The van der Waals surface area contributed by atoms with Gasteiger partial charge in [-0.1, -0.05) is 6.42 Å². The molecule has 0 amide bonds. The fourth-order valence-corrected chi connectivity index (χ4v) is 3.65. The van der Waals surface area contributed by atoms with E-state index < -0.39 is 38.8 Å². The Labute approximate surface area is 116 Å². The third-order valence-corrected chi connectivity index (χ3v) is 4.78. The molecule has 1 heterocycles. The highest BCUT2D eigenvalue weighted by Crippen LogP contribution is 2.25. The molecule has 1 fully saturated rings. The SMILES string of the molecule is O=C(O)C1CCCC(NS(=O)(=O)c2ncccc2F)C1. The topological polar surface area (TPSA) is 96.4 Å². The number of pyridine rings is 1. The maximum Gasteiger partial charge on any atom is 0.306 e. The van der Waals surface area contributed by atoms with E-state index >= 15 is 0 Å². The molecule has 0 aliphatic heterocycles. The normalized spacial score (nSPS) is 23.4. The summed E-state index contributed by atoms with van der Waals surface area (Å²) in [7, 11) is -4.07. The molecule has 1 aromatic rings. The van der Waals surface area contributed by atoms with Crippen LogP contribution in [-0.2, 0) is 14.8 Å². The molecule has 1 aliphatic rings. The summed E-state index contributed by atoms with van der Waals surface area (Å²) in [5.41, 5.74) is 0. The Morgan fingerprint density at radius 3 is 2.85 bits per heavy atom. The molecule has 0 saturated heterocycles. The Bertz CT molecular complexity index is 605. The number of sulfonamides is 1. The Morgan fingerprint density at radius 2 is 2.20 bits per heavy atom. The van der Waals surface area contributed by atoms with Crippen LogP contribution in [0.5, 0.6) is 0 Å². The molecule has 0 spiro atoms. The number of hydrogen-bond donors (Lipinski definition) is 2. The highest BCUT2D eigenvalue weighted by atomic mass is 32.2. The van der Waals surface area contributed by atoms with Gasteiger partial charge < -0.3 is 5.11 Å². The first-order valence-electron chi connectivity index (χ1n) is 6.26. The minimum absolute atomic E-state index is 0.211. The van der Waals surface area contributed by atoms with Gasteiger partial charge in [0.2, 0.25) is 5.03 Å². The van der Waals surface area contributed by atoms with Crippen molar-refractivity contribution in [1.29, 1.82) is 0 Å². The van der Waals surface area contributed by atoms with Gasteiger partial charge in [-0.25, -0.2) is 22.5 Å². The fraction of sp³-hybridized carbons (Fsp3) is 0.500. The number of nitrogens with zero attached hydrogens (tertiary/aromatic N) is 1. The van der Waals surface area contributed by atoms with Gasteiger partial charge in [-0.15, -0.1) is 0 Å². The molecule has 20 heavy (non-hydrogen) atoms. The highest BCUT2D eigenvalue weighted by molar-refractivity contribution is 7.89. The molecular formula is C12H15FN2O4S. The van der Waals surface area contributed by atoms with Crippen molar-refractivity contribution in [1.82, 2.24) is 9.71 Å². The van der Waals surface area contributed by atoms with Crippen molar-refractivity contribution in [2.24, 2.45) is 5.92 Å². The van der Waals surface area contributed by atoms with Crippen LogP contribution >= 0.6 is 0 Å². The molecule has 0 radical (unpaired) electrons. The summed E-state index contributed by atoms with van der Waals surface area (Å²) in [5, 5.41) is 8.31. The van der Waals surface area contributed by atoms with Crippen LogP contribution < -0.4 is 4.72 Å². The summed E-state index contributed by atoms with van der Waals surface area (Å²) in [4.78, 5) is 14.5. The van der Waals surface area contributed by atoms with Crippen LogP contribution in [0.1, 0.15) is 25.7 Å². The van der Waals surface area contributed by atoms with E-state index in [-0.39, 0.29) is 6.42 Å². The van der Waals surface area contributed by atoms with Crippen molar-refractivity contribution in [2.45, 2.75) is 36.8 Å². The number of carboxylic acid groups (broad SMARTS) is 1. The molecule has 0 bridgehead atoms. The van der Waals surface area contributed by atoms with Crippen LogP contribution in [0.4, 0.5) is 4.39 Å². The maximum absolute atomic E-state index is 13.5. The Morgan fingerprint density at radius 1 is 1.45 bits per heavy atom. The third kappa shape index (κ3) is 3.31. The second kappa shape index (κ2) is 5.84. The lowest BCUT2D eigenvalue weighted by Gasteiger charge is -2.26. The van der Waals surface area contributed by atoms with E-state index in [1.807, 2.05) is 0 Å². The minimum Gasteiger partial charge on any atom is -0.481 e. The van der Waals surface area contributed by atoms with Gasteiger partial charge in [0.15, 0.2) is 5.82 Å². The van der Waals surface area contributed by atoms with Gasteiger partial charge in [-0.05, 0) is 31.4 Å². The summed E-state index contributed by atoms with van der Waals surface area (Å²) in [6, 6.07) is 1.81. The summed E-state index contributed by atoms with van der Waals surface area (Å²) in [6.45, 7) is 0. The second-order valence-corrected chi connectivity index (χ2v) is 6.44. The first-order valence-corrected chi connectivity index (χ1v) is 7.74. The zero-order chi connectivity index (χ0) is 14.8. The van der Waals surface area contributed by atoms with Gasteiger partial charge >= 0.3 is 5.97 Å². The number of hydrogen-bond acceptors (Lipinski definition) is 4. The molecular weight excluding hydrogens is 287 g/mol. The number of carboxylic acids is 1. The van der Waals surface area contributed by atoms with E-state index in [0.717, 1.165) is 6.07 Å². The van der Waals surface area contributed by atoms with E-state index in [0.29, 0.717) is 19.3 Å². The smallest absolute Gasteiger partial charge is 0.306 e. The number of nitrogens with one attached hydrogen (secondary N) is 1. The number of halogens is 1. The highest BCUT2D eigenvalue weighted by Gasteiger charge is 2.31. The summed E-state index contributed by atoms with van der Waals surface area (Å²) < 4.78 is 39.9. The zero-order valence-corrected chi connectivity index (χ0v) is 11.4. The van der Waals surface area contributed by atoms with Crippen LogP contribution in [0.25, 0.3) is 0 Å². The van der Waals surface area contributed by atoms with Crippen molar-refractivity contribution < 1.29 is 22.7 Å². The number of aliphatic carboxylic acids is 1. The van der Waals surface area contributed by atoms with Gasteiger partial charge in [0.1, 0.15) is 0 Å². The Hall–Kier alpha value is -1.54. The molecule has 8 heteroatoms. The second-order valence-electron chi connectivity index (χ2n) is 4.81. The van der Waals surface area contributed by atoms with E-state index in [1.165, 1.54) is 12.3 Å². The predicted molar refractivity (Wildman–Crippen MR) is 67.9 cm³/mol. The number of rotatable bonds is 4. The first-order chi connectivity index (χ1) is 9.40. The maximum atomic E-state index is 13.5. The molecule has 6 nitrogen and oxygen atoms in total. The molecule has 0 aromatic carbocycles. The lowest BCUT2D eigenvalue weighted by Crippen LogP contribution is -2.40. The predicted octanol–water partition coefficient (Wildman–Crippen LogP) is 1.14. The van der Waals surface area contributed by atoms with Gasteiger partial charge in [-0.2, -0.15) is 0 Å². The van der Waals surface area contributed by atoms with E-state index in [4.69, 9.17) is 5.11 Å². The quantitative estimate of drug-likeness (QED) is 0.869. The lowest BCUT2D eigenvalue weighted by atomic mass is 9.86. The molecule has 2 atom stereocenters. The lowest BCUT2D eigenvalue weighted by molar-refractivity contribution is -0.143. The van der Waals surface area contributed by atoms with Crippen LogP contribution in [0, 0.1) is 11.7 Å². The molecule has 1 aliphatic carbocycles. The molecule has 1 aromatic heterocycles. The average Bonchev–Trinajstić information content (AvgIpc) is 2.38. The number of carbonyl (C=O) groups is 1. The van der Waals surface area contributed by atoms with Crippen molar-refractivity contribution in [3.63, 3.8) is 0 Å². The van der Waals surface area contributed by atoms with E-state index in [9.17, 15) is 17.6 Å². The van der Waals surface area contributed by atoms with Crippen molar-refractivity contribution in [3.05, 3.63) is 24.1 Å². The van der Waals surface area contributed by atoms with Gasteiger partial charge in [0.25, 0.3) is 10.0 Å². The van der Waals surface area contributed by atoms with Crippen LogP contribution in [0.3, 0.4) is 0 Å². The van der Waals surface area contributed by atoms with Crippen molar-refractivity contribution >= 4 is 16.0 Å². The molecule has 2 N–H and O–H groups in total. The van der Waals surface area contributed by atoms with Crippen molar-refractivity contribution in [2.75, 3.05) is 0 Å². The zero-order valence-electron chi connectivity index (χ0n) is 10.6. The van der Waals surface area contributed by atoms with Crippen LogP contribution in [0.15, 0.2) is 23.4 Å². The Balaban J connectivity index is 2.13. The summed E-state index contributed by atoms with van der Waals surface area (Å²) in [5.74, 6) is -2.42. The standard InChI is InChI=1S/C12H15FN2O4S/c13-10-5-2-6-14-11(10)20(18,19)15-9-4-1-3-8(7-9)12(16)17/h2,5-6,8-9,15H,1,3-4,7H2,(H,16,17). The molecule has 2 unspecified atom stereocenters. The van der Waals surface area contributed by atoms with Crippen LogP contribution in [-0.4, -0.2) is 30.5 Å². The van der Waals surface area contributed by atoms with E-state index in [2.05, 4.69) is 9.71 Å². The molecule has 2 rings (SSSR count). The van der Waals surface area contributed by atoms with Gasteiger partial charge in [0.05, 0.1) is 5.92 Å². The minimum atomic E-state index is -4.07. The summed E-state index contributed by atoms with van der Waals surface area (Å²) in [6.07, 6.45) is 3.10. The van der Waals surface area contributed by atoms with E-state index in [1.54, 1.807) is 0 Å². The number of aromatic nitrogens is 1. The average molecular weight is 302 g/mol. The largest absolute Gasteiger partial charge is 0.481 e. The van der Waals surface area contributed by atoms with Gasteiger partial charge in [0, 0.05) is 12.2 Å². The first kappa shape index (κ1) is 14.9. The third-order valence-electron chi connectivity index (χ3n) is 3.32. The Kier molecular flexibility index (Phi) is 4.34. The van der Waals surface area contributed by atoms with Crippen LogP contribution in [0.2, 0.25) is 0 Å².